The van der Waals surface area contributed by atoms with Gasteiger partial charge in [-0.25, -0.2) is 0 Å². The molecule has 0 aromatic heterocycles. The number of nitrogens with zero attached hydrogens (tertiary/aromatic N) is 1. The Morgan fingerprint density at radius 3 is 2.43 bits per heavy atom. The minimum atomic E-state index is -4.16. The predicted molar refractivity (Wildman–Crippen MR) is 76.5 cm³/mol. The number of fused-ring (bicyclic) bond motifs is 1. The van der Waals surface area contributed by atoms with Gasteiger partial charge in [-0.05, 0) is 29.0 Å². The molecule has 21 heavy (non-hydrogen) atoms. The van der Waals surface area contributed by atoms with Crippen molar-refractivity contribution in [1.29, 1.82) is 0 Å². The quantitative estimate of drug-likeness (QED) is 0.818. The minimum absolute atomic E-state index is 0.0121. The maximum atomic E-state index is 12.2. The lowest BCUT2D eigenvalue weighted by molar-refractivity contribution is -0.135. The molecule has 0 fully saturated rings. The molecule has 0 bridgehead atoms. The van der Waals surface area contributed by atoms with Crippen LogP contribution in [-0.4, -0.2) is 18.6 Å². The van der Waals surface area contributed by atoms with E-state index in [1.165, 1.54) is 4.90 Å². The van der Waals surface area contributed by atoms with E-state index < -0.39 is 12.6 Å². The van der Waals surface area contributed by atoms with Gasteiger partial charge in [0.25, 0.3) is 0 Å². The number of anilines is 1. The number of alkyl halides is 3. The van der Waals surface area contributed by atoms with E-state index in [-0.39, 0.29) is 30.7 Å². The van der Waals surface area contributed by atoms with Crippen molar-refractivity contribution >= 4 is 11.6 Å². The van der Waals surface area contributed by atoms with Crippen molar-refractivity contribution in [2.75, 3.05) is 11.4 Å². The van der Waals surface area contributed by atoms with Crippen molar-refractivity contribution < 1.29 is 18.0 Å². The van der Waals surface area contributed by atoms with E-state index in [0.717, 1.165) is 16.8 Å². The second kappa shape index (κ2) is 5.35. The third-order valence-electron chi connectivity index (χ3n) is 3.72. The molecule has 2 nitrogen and oxygen atoms in total. The van der Waals surface area contributed by atoms with Gasteiger partial charge < -0.3 is 4.90 Å². The molecule has 1 aromatic rings. The lowest BCUT2D eigenvalue weighted by Crippen LogP contribution is -2.28. The zero-order chi connectivity index (χ0) is 15.8. The van der Waals surface area contributed by atoms with Gasteiger partial charge in [-0.15, -0.1) is 0 Å². The summed E-state index contributed by atoms with van der Waals surface area (Å²) >= 11 is 0. The lowest BCUT2D eigenvalue weighted by atomic mass is 9.86. The summed E-state index contributed by atoms with van der Waals surface area (Å²) < 4.78 is 36.6. The SMILES string of the molecule is CC(C)(C)c1ccc2c(c1)CC(=O)N2CCCC(F)(F)F. The van der Waals surface area contributed by atoms with E-state index >= 15 is 0 Å². The molecule has 0 aliphatic carbocycles. The van der Waals surface area contributed by atoms with Crippen LogP contribution in [0.15, 0.2) is 18.2 Å². The molecule has 1 heterocycles. The Balaban J connectivity index is 2.13. The van der Waals surface area contributed by atoms with Crippen molar-refractivity contribution in [2.24, 2.45) is 0 Å². The first-order valence-corrected chi connectivity index (χ1v) is 7.08. The number of hydrogen-bond donors (Lipinski definition) is 0. The highest BCUT2D eigenvalue weighted by Gasteiger charge is 2.31. The molecule has 5 heteroatoms. The number of amides is 1. The first-order chi connectivity index (χ1) is 9.58. The number of halogens is 3. The van der Waals surface area contributed by atoms with Crippen LogP contribution in [0.5, 0.6) is 0 Å². The van der Waals surface area contributed by atoms with Crippen LogP contribution in [0.25, 0.3) is 0 Å². The molecule has 0 radical (unpaired) electrons. The Hall–Kier alpha value is -1.52. The van der Waals surface area contributed by atoms with Crippen LogP contribution < -0.4 is 4.90 Å². The summed E-state index contributed by atoms with van der Waals surface area (Å²) in [5.74, 6) is -0.113. The Kier molecular flexibility index (Phi) is 4.04. The zero-order valence-corrected chi connectivity index (χ0v) is 12.5. The number of hydrogen-bond acceptors (Lipinski definition) is 1. The van der Waals surface area contributed by atoms with E-state index in [2.05, 4.69) is 20.8 Å². The molecule has 0 N–H and O–H groups in total. The molecule has 0 atom stereocenters. The zero-order valence-electron chi connectivity index (χ0n) is 12.5. The molecule has 116 valence electrons. The monoisotopic (exact) mass is 299 g/mol. The van der Waals surface area contributed by atoms with Gasteiger partial charge in [-0.2, -0.15) is 13.2 Å². The van der Waals surface area contributed by atoms with E-state index in [1.807, 2.05) is 18.2 Å². The third-order valence-corrected chi connectivity index (χ3v) is 3.72. The molecule has 2 rings (SSSR count). The van der Waals surface area contributed by atoms with Gasteiger partial charge in [0, 0.05) is 18.7 Å². The van der Waals surface area contributed by atoms with Gasteiger partial charge in [0.05, 0.1) is 6.42 Å². The summed E-state index contributed by atoms with van der Waals surface area (Å²) in [6.45, 7) is 6.39. The Morgan fingerprint density at radius 1 is 1.19 bits per heavy atom. The van der Waals surface area contributed by atoms with Gasteiger partial charge in [0.2, 0.25) is 5.91 Å². The topological polar surface area (TPSA) is 20.3 Å². The van der Waals surface area contributed by atoms with Crippen molar-refractivity contribution in [3.63, 3.8) is 0 Å². The van der Waals surface area contributed by atoms with Crippen LogP contribution in [0.2, 0.25) is 0 Å². The molecule has 1 aliphatic rings. The summed E-state index contributed by atoms with van der Waals surface area (Å²) in [6.07, 6.45) is -4.80. The fourth-order valence-electron chi connectivity index (χ4n) is 2.53. The highest BCUT2D eigenvalue weighted by atomic mass is 19.4. The number of carbonyl (C=O) groups excluding carboxylic acids is 1. The lowest BCUT2D eigenvalue weighted by Gasteiger charge is -2.22. The fraction of sp³-hybridized carbons (Fsp3) is 0.562. The first-order valence-electron chi connectivity index (χ1n) is 7.08. The van der Waals surface area contributed by atoms with Crippen molar-refractivity contribution in [2.45, 2.75) is 51.6 Å². The number of carbonyl (C=O) groups is 1. The normalized spacial score (nSPS) is 15.5. The van der Waals surface area contributed by atoms with Crippen LogP contribution in [0, 0.1) is 0 Å². The highest BCUT2D eigenvalue weighted by Crippen LogP contribution is 2.34. The summed E-state index contributed by atoms with van der Waals surface area (Å²) in [5, 5.41) is 0. The van der Waals surface area contributed by atoms with E-state index in [0.29, 0.717) is 0 Å². The molecule has 0 spiro atoms. The van der Waals surface area contributed by atoms with E-state index in [1.54, 1.807) is 0 Å². The molecule has 0 unspecified atom stereocenters. The van der Waals surface area contributed by atoms with Crippen LogP contribution in [0.1, 0.15) is 44.7 Å². The summed E-state index contributed by atoms with van der Waals surface area (Å²) in [6, 6.07) is 5.81. The van der Waals surface area contributed by atoms with E-state index in [9.17, 15) is 18.0 Å². The average molecular weight is 299 g/mol. The molecule has 0 saturated carbocycles. The molecule has 1 aromatic carbocycles. The smallest absolute Gasteiger partial charge is 0.312 e. The number of rotatable bonds is 3. The second-order valence-corrected chi connectivity index (χ2v) is 6.53. The van der Waals surface area contributed by atoms with Crippen molar-refractivity contribution in [3.05, 3.63) is 29.3 Å². The van der Waals surface area contributed by atoms with Crippen LogP contribution in [0.3, 0.4) is 0 Å². The van der Waals surface area contributed by atoms with Gasteiger partial charge in [-0.3, -0.25) is 4.79 Å². The number of benzene rings is 1. The van der Waals surface area contributed by atoms with Crippen molar-refractivity contribution in [1.82, 2.24) is 0 Å². The van der Waals surface area contributed by atoms with Gasteiger partial charge in [0.15, 0.2) is 0 Å². The first kappa shape index (κ1) is 15.9. The van der Waals surface area contributed by atoms with Crippen LogP contribution >= 0.6 is 0 Å². The van der Waals surface area contributed by atoms with E-state index in [4.69, 9.17) is 0 Å². The summed E-state index contributed by atoms with van der Waals surface area (Å²) in [4.78, 5) is 13.5. The Labute approximate surface area is 122 Å². The molecule has 1 aliphatic heterocycles. The molecule has 1 amide bonds. The fourth-order valence-corrected chi connectivity index (χ4v) is 2.53. The Bertz CT molecular complexity index is 543. The third kappa shape index (κ3) is 3.77. The highest BCUT2D eigenvalue weighted by molar-refractivity contribution is 6.01. The summed E-state index contributed by atoms with van der Waals surface area (Å²) in [5.41, 5.74) is 2.79. The van der Waals surface area contributed by atoms with Gasteiger partial charge >= 0.3 is 6.18 Å². The average Bonchev–Trinajstić information content (AvgIpc) is 2.62. The molecular formula is C16H20F3NO. The second-order valence-electron chi connectivity index (χ2n) is 6.53. The maximum absolute atomic E-state index is 12.2. The minimum Gasteiger partial charge on any atom is -0.312 e. The molecular weight excluding hydrogens is 279 g/mol. The van der Waals surface area contributed by atoms with Crippen LogP contribution in [0.4, 0.5) is 18.9 Å². The maximum Gasteiger partial charge on any atom is 0.389 e. The predicted octanol–water partition coefficient (Wildman–Crippen LogP) is 4.22. The standard InChI is InChI=1S/C16H20F3NO/c1-15(2,3)12-5-6-13-11(9-12)10-14(21)20(13)8-4-7-16(17,18)19/h5-6,9H,4,7-8,10H2,1-3H3. The summed E-state index contributed by atoms with van der Waals surface area (Å²) in [7, 11) is 0. The Morgan fingerprint density at radius 2 is 1.86 bits per heavy atom. The van der Waals surface area contributed by atoms with Gasteiger partial charge in [0.1, 0.15) is 0 Å². The molecule has 0 saturated heterocycles. The van der Waals surface area contributed by atoms with Crippen LogP contribution in [-0.2, 0) is 16.6 Å². The van der Waals surface area contributed by atoms with Crippen molar-refractivity contribution in [3.8, 4) is 0 Å². The van der Waals surface area contributed by atoms with Gasteiger partial charge in [-0.1, -0.05) is 32.9 Å². The largest absolute Gasteiger partial charge is 0.389 e.